The Kier molecular flexibility index (Phi) is 5.28. The lowest BCUT2D eigenvalue weighted by Gasteiger charge is -2.29. The molecule has 0 bridgehead atoms. The molecule has 5 heteroatoms. The van der Waals surface area contributed by atoms with E-state index in [9.17, 15) is 10.1 Å². The number of carbonyl (C=O) groups is 1. The first-order valence-electron chi connectivity index (χ1n) is 8.64. The molecule has 1 unspecified atom stereocenters. The molecule has 0 spiro atoms. The van der Waals surface area contributed by atoms with Gasteiger partial charge in [-0.1, -0.05) is 30.3 Å². The van der Waals surface area contributed by atoms with E-state index in [1.54, 1.807) is 7.11 Å². The molecular formula is C22H21N3O2. The molecule has 3 rings (SSSR count). The van der Waals surface area contributed by atoms with Crippen molar-refractivity contribution in [3.8, 4) is 11.8 Å². The third-order valence-corrected chi connectivity index (χ3v) is 4.61. The van der Waals surface area contributed by atoms with Gasteiger partial charge in [0.25, 0.3) is 5.91 Å². The van der Waals surface area contributed by atoms with E-state index in [1.165, 1.54) is 0 Å². The lowest BCUT2D eigenvalue weighted by Crippen LogP contribution is -2.30. The molecule has 0 saturated carbocycles. The second-order valence-corrected chi connectivity index (χ2v) is 6.34. The summed E-state index contributed by atoms with van der Waals surface area (Å²) < 4.78 is 5.22. The second kappa shape index (κ2) is 7.79. The smallest absolute Gasteiger partial charge is 0.254 e. The predicted octanol–water partition coefficient (Wildman–Crippen LogP) is 4.09. The van der Waals surface area contributed by atoms with E-state index < -0.39 is 5.92 Å². The van der Waals surface area contributed by atoms with Gasteiger partial charge in [-0.15, -0.1) is 0 Å². The third kappa shape index (κ3) is 3.70. The Balaban J connectivity index is 2.04. The number of rotatable bonds is 4. The molecule has 0 saturated heterocycles. The molecule has 1 heterocycles. The number of amides is 1. The fourth-order valence-electron chi connectivity index (χ4n) is 3.29. The number of allylic oxidation sites excluding steroid dienone is 3. The van der Waals surface area contributed by atoms with Crippen molar-refractivity contribution in [3.05, 3.63) is 82.7 Å². The molecule has 0 aromatic heterocycles. The molecule has 1 amide bonds. The molecule has 2 N–H and O–H groups in total. The Labute approximate surface area is 159 Å². The Morgan fingerprint density at radius 1 is 1.07 bits per heavy atom. The van der Waals surface area contributed by atoms with Crippen molar-refractivity contribution in [1.82, 2.24) is 5.32 Å². The average molecular weight is 359 g/mol. The zero-order valence-corrected chi connectivity index (χ0v) is 15.5. The number of para-hydroxylation sites is 1. The summed E-state index contributed by atoms with van der Waals surface area (Å²) in [6.07, 6.45) is 0. The monoisotopic (exact) mass is 359 g/mol. The summed E-state index contributed by atoms with van der Waals surface area (Å²) >= 11 is 0. The van der Waals surface area contributed by atoms with E-state index in [1.807, 2.05) is 68.4 Å². The summed E-state index contributed by atoms with van der Waals surface area (Å²) in [5.74, 6) is 0.0565. The fourth-order valence-corrected chi connectivity index (χ4v) is 3.29. The van der Waals surface area contributed by atoms with Crippen molar-refractivity contribution in [2.24, 2.45) is 0 Å². The van der Waals surface area contributed by atoms with Gasteiger partial charge >= 0.3 is 0 Å². The average Bonchev–Trinajstić information content (AvgIpc) is 2.68. The van der Waals surface area contributed by atoms with Crippen LogP contribution in [0.25, 0.3) is 0 Å². The molecule has 1 aliphatic rings. The summed E-state index contributed by atoms with van der Waals surface area (Å²) in [4.78, 5) is 13.1. The van der Waals surface area contributed by atoms with Crippen LogP contribution in [-0.2, 0) is 4.79 Å². The van der Waals surface area contributed by atoms with Crippen LogP contribution in [0.1, 0.15) is 25.3 Å². The van der Waals surface area contributed by atoms with Gasteiger partial charge in [-0.3, -0.25) is 4.79 Å². The molecule has 2 aromatic rings. The summed E-state index contributed by atoms with van der Waals surface area (Å²) in [5, 5.41) is 15.8. The molecule has 136 valence electrons. The van der Waals surface area contributed by atoms with Gasteiger partial charge in [0.2, 0.25) is 0 Å². The van der Waals surface area contributed by atoms with E-state index in [0.717, 1.165) is 22.7 Å². The van der Waals surface area contributed by atoms with Gasteiger partial charge in [-0.2, -0.15) is 5.26 Å². The molecule has 2 aromatic carbocycles. The van der Waals surface area contributed by atoms with E-state index in [0.29, 0.717) is 16.8 Å². The number of carbonyl (C=O) groups excluding carboxylic acids is 1. The van der Waals surface area contributed by atoms with Crippen LogP contribution in [0.4, 0.5) is 5.69 Å². The van der Waals surface area contributed by atoms with Gasteiger partial charge in [0.15, 0.2) is 0 Å². The minimum Gasteiger partial charge on any atom is -0.497 e. The molecule has 0 radical (unpaired) electrons. The highest BCUT2D eigenvalue weighted by Gasteiger charge is 2.33. The molecule has 5 nitrogen and oxygen atoms in total. The van der Waals surface area contributed by atoms with Gasteiger partial charge in [0, 0.05) is 22.7 Å². The topological polar surface area (TPSA) is 74.1 Å². The Morgan fingerprint density at radius 3 is 2.33 bits per heavy atom. The number of nitriles is 1. The maximum Gasteiger partial charge on any atom is 0.254 e. The van der Waals surface area contributed by atoms with Crippen molar-refractivity contribution in [3.63, 3.8) is 0 Å². The quantitative estimate of drug-likeness (QED) is 0.862. The van der Waals surface area contributed by atoms with Crippen LogP contribution in [0.5, 0.6) is 5.75 Å². The van der Waals surface area contributed by atoms with E-state index >= 15 is 0 Å². The molecule has 27 heavy (non-hydrogen) atoms. The van der Waals surface area contributed by atoms with Gasteiger partial charge in [-0.25, -0.2) is 0 Å². The minimum atomic E-state index is -0.439. The maximum atomic E-state index is 13.1. The van der Waals surface area contributed by atoms with Gasteiger partial charge in [0.1, 0.15) is 5.75 Å². The fraction of sp³-hybridized carbons (Fsp3) is 0.182. The SMILES string of the molecule is COc1ccc(C2C(C#N)=C(C)NC(C)=C2C(=O)Nc2ccccc2)cc1. The molecule has 0 fully saturated rings. The summed E-state index contributed by atoms with van der Waals surface area (Å²) in [6, 6.07) is 19.0. The van der Waals surface area contributed by atoms with E-state index in [4.69, 9.17) is 4.74 Å². The van der Waals surface area contributed by atoms with E-state index in [-0.39, 0.29) is 5.91 Å². The van der Waals surface area contributed by atoms with Crippen molar-refractivity contribution in [1.29, 1.82) is 5.26 Å². The van der Waals surface area contributed by atoms with Crippen LogP contribution in [0, 0.1) is 11.3 Å². The summed E-state index contributed by atoms with van der Waals surface area (Å²) in [7, 11) is 1.60. The summed E-state index contributed by atoms with van der Waals surface area (Å²) in [5.41, 5.74) is 4.13. The Morgan fingerprint density at radius 2 is 1.74 bits per heavy atom. The van der Waals surface area contributed by atoms with Crippen LogP contribution in [0.3, 0.4) is 0 Å². The predicted molar refractivity (Wildman–Crippen MR) is 105 cm³/mol. The van der Waals surface area contributed by atoms with Crippen LogP contribution >= 0.6 is 0 Å². The number of anilines is 1. The van der Waals surface area contributed by atoms with Crippen molar-refractivity contribution in [2.45, 2.75) is 19.8 Å². The molecule has 0 aliphatic carbocycles. The number of benzene rings is 2. The zero-order chi connectivity index (χ0) is 19.4. The lowest BCUT2D eigenvalue weighted by atomic mass is 9.80. The number of dihydropyridines is 1. The first-order chi connectivity index (χ1) is 13.0. The summed E-state index contributed by atoms with van der Waals surface area (Å²) in [6.45, 7) is 3.71. The number of hydrogen-bond donors (Lipinski definition) is 2. The van der Waals surface area contributed by atoms with Gasteiger partial charge in [0.05, 0.1) is 24.7 Å². The highest BCUT2D eigenvalue weighted by Crippen LogP contribution is 2.38. The van der Waals surface area contributed by atoms with Crippen LogP contribution in [-0.4, -0.2) is 13.0 Å². The van der Waals surface area contributed by atoms with Crippen LogP contribution < -0.4 is 15.4 Å². The zero-order valence-electron chi connectivity index (χ0n) is 15.5. The second-order valence-electron chi connectivity index (χ2n) is 6.34. The maximum absolute atomic E-state index is 13.1. The third-order valence-electron chi connectivity index (χ3n) is 4.61. The van der Waals surface area contributed by atoms with Gasteiger partial charge < -0.3 is 15.4 Å². The molecule has 1 atom stereocenters. The number of ether oxygens (including phenoxy) is 1. The minimum absolute atomic E-state index is 0.229. The first-order valence-corrected chi connectivity index (χ1v) is 8.64. The Hall–Kier alpha value is -3.52. The van der Waals surface area contributed by atoms with Crippen molar-refractivity contribution in [2.75, 3.05) is 12.4 Å². The Bertz CT molecular complexity index is 951. The van der Waals surface area contributed by atoms with Crippen LogP contribution in [0.15, 0.2) is 77.1 Å². The van der Waals surface area contributed by atoms with Gasteiger partial charge in [-0.05, 0) is 43.7 Å². The largest absolute Gasteiger partial charge is 0.497 e. The standard InChI is InChI=1S/C22H21N3O2/c1-14-19(13-23)21(16-9-11-18(27-3)12-10-16)20(15(2)24-14)22(26)25-17-7-5-4-6-8-17/h4-12,21,24H,1-3H3,(H,25,26). The lowest BCUT2D eigenvalue weighted by molar-refractivity contribution is -0.113. The van der Waals surface area contributed by atoms with E-state index in [2.05, 4.69) is 16.7 Å². The number of nitrogens with one attached hydrogen (secondary N) is 2. The molecule has 1 aliphatic heterocycles. The van der Waals surface area contributed by atoms with Crippen molar-refractivity contribution >= 4 is 11.6 Å². The highest BCUT2D eigenvalue weighted by molar-refractivity contribution is 6.06. The number of nitrogens with zero attached hydrogens (tertiary/aromatic N) is 1. The van der Waals surface area contributed by atoms with Crippen LogP contribution in [0.2, 0.25) is 0 Å². The molecular weight excluding hydrogens is 338 g/mol. The number of methoxy groups -OCH3 is 1. The normalized spacial score (nSPS) is 16.4. The first kappa shape index (κ1) is 18.3. The highest BCUT2D eigenvalue weighted by atomic mass is 16.5. The van der Waals surface area contributed by atoms with Crippen molar-refractivity contribution < 1.29 is 9.53 Å². The number of hydrogen-bond acceptors (Lipinski definition) is 4.